The third kappa shape index (κ3) is 5.44. The number of hydrogen-bond donors (Lipinski definition) is 2. The molecule has 0 radical (unpaired) electrons. The summed E-state index contributed by atoms with van der Waals surface area (Å²) in [5.74, 6) is 1.19. The second kappa shape index (κ2) is 11.4. The number of nitrogens with one attached hydrogen (secondary N) is 1. The van der Waals surface area contributed by atoms with Crippen molar-refractivity contribution in [1.82, 2.24) is 19.6 Å². The van der Waals surface area contributed by atoms with Crippen molar-refractivity contribution in [3.05, 3.63) is 36.4 Å². The molecule has 0 bridgehead atoms. The first-order chi connectivity index (χ1) is 15.2. The van der Waals surface area contributed by atoms with Crippen LogP contribution in [0.5, 0.6) is 0 Å². The van der Waals surface area contributed by atoms with E-state index in [9.17, 15) is 0 Å². The first-order valence-corrected chi connectivity index (χ1v) is 11.7. The number of nitrogens with two attached hydrogens (primary N) is 1. The van der Waals surface area contributed by atoms with Crippen LogP contribution in [0, 0.1) is 5.41 Å². The Bertz CT molecular complexity index is 1010. The van der Waals surface area contributed by atoms with E-state index in [1.54, 1.807) is 0 Å². The molecule has 1 aliphatic rings. The molecule has 3 N–H and O–H groups in total. The highest BCUT2D eigenvalue weighted by molar-refractivity contribution is 5.85. The minimum atomic E-state index is -0.0921. The zero-order chi connectivity index (χ0) is 21.6. The van der Waals surface area contributed by atoms with Gasteiger partial charge < -0.3 is 19.7 Å². The Kier molecular flexibility index (Phi) is 8.56. The van der Waals surface area contributed by atoms with Gasteiger partial charge in [0.25, 0.3) is 0 Å². The normalized spacial score (nSPS) is 15.9. The third-order valence-electron chi connectivity index (χ3n) is 6.32. The molecule has 0 amide bonds. The summed E-state index contributed by atoms with van der Waals surface area (Å²) in [6.45, 7) is 4.08. The molecule has 0 saturated carbocycles. The topological polar surface area (TPSA) is 97.0 Å². The number of halogens is 1. The van der Waals surface area contributed by atoms with Gasteiger partial charge in [0.15, 0.2) is 5.96 Å². The van der Waals surface area contributed by atoms with Crippen molar-refractivity contribution >= 4 is 29.3 Å². The molecule has 7 nitrogen and oxygen atoms in total. The summed E-state index contributed by atoms with van der Waals surface area (Å²) >= 11 is 0. The van der Waals surface area contributed by atoms with Gasteiger partial charge in [0.2, 0.25) is 11.7 Å². The maximum atomic E-state index is 7.74. The Morgan fingerprint density at radius 1 is 1.16 bits per heavy atom. The SMILES string of the molecule is CCCCCCCCCn1ccc2cc(-c3noc([C@@H]4CCCN4C(=N)N)n3)ccc21.Cl. The molecule has 3 aromatic rings. The maximum absolute atomic E-state index is 7.74. The van der Waals surface area contributed by atoms with E-state index in [2.05, 4.69) is 52.1 Å². The molecule has 32 heavy (non-hydrogen) atoms. The number of hydrogen-bond acceptors (Lipinski definition) is 4. The summed E-state index contributed by atoms with van der Waals surface area (Å²) in [7, 11) is 0. The summed E-state index contributed by atoms with van der Waals surface area (Å²) in [5.41, 5.74) is 7.89. The molecule has 0 aliphatic carbocycles. The number of aromatic nitrogens is 3. The van der Waals surface area contributed by atoms with Gasteiger partial charge >= 0.3 is 0 Å². The molecule has 174 valence electrons. The first-order valence-electron chi connectivity index (χ1n) is 11.7. The molecule has 8 heteroatoms. The van der Waals surface area contributed by atoms with Crippen LogP contribution in [0.25, 0.3) is 22.3 Å². The predicted molar refractivity (Wildman–Crippen MR) is 131 cm³/mol. The lowest BCUT2D eigenvalue weighted by Crippen LogP contribution is -2.35. The number of guanidine groups is 1. The van der Waals surface area contributed by atoms with Crippen molar-refractivity contribution in [2.45, 2.75) is 77.3 Å². The smallest absolute Gasteiger partial charge is 0.249 e. The van der Waals surface area contributed by atoms with Crippen LogP contribution in [0.2, 0.25) is 0 Å². The van der Waals surface area contributed by atoms with Crippen LogP contribution in [0.1, 0.15) is 76.6 Å². The molecule has 0 spiro atoms. The third-order valence-corrected chi connectivity index (χ3v) is 6.32. The summed E-state index contributed by atoms with van der Waals surface area (Å²) in [5, 5.41) is 13.1. The molecular weight excluding hydrogens is 424 g/mol. The molecule has 1 aromatic carbocycles. The number of aryl methyl sites for hydroxylation is 1. The zero-order valence-corrected chi connectivity index (χ0v) is 19.7. The Morgan fingerprint density at radius 2 is 1.94 bits per heavy atom. The molecule has 2 aromatic heterocycles. The van der Waals surface area contributed by atoms with Crippen molar-refractivity contribution in [2.75, 3.05) is 6.54 Å². The fraction of sp³-hybridized carbons (Fsp3) is 0.542. The standard InChI is InChI=1S/C24H34N6O.ClH/c1-2-3-4-5-6-7-8-14-29-16-13-18-17-19(11-12-20(18)29)22-27-23(31-28-22)21-10-9-15-30(21)24(25)26;/h11-13,16-17,21H,2-10,14-15H2,1H3,(H3,25,26);1H/t21-;/m0./s1. The number of likely N-dealkylation sites (tertiary alicyclic amines) is 1. The molecule has 1 atom stereocenters. The summed E-state index contributed by atoms with van der Waals surface area (Å²) in [4.78, 5) is 6.45. The number of rotatable bonds is 10. The number of unbranched alkanes of at least 4 members (excludes halogenated alkanes) is 6. The second-order valence-electron chi connectivity index (χ2n) is 8.60. The fourth-order valence-corrected chi connectivity index (χ4v) is 4.57. The zero-order valence-electron chi connectivity index (χ0n) is 18.9. The van der Waals surface area contributed by atoms with Gasteiger partial charge in [0, 0.05) is 35.8 Å². The van der Waals surface area contributed by atoms with Crippen LogP contribution >= 0.6 is 12.4 Å². The number of benzene rings is 1. The molecular formula is C24H35ClN6O. The van der Waals surface area contributed by atoms with Gasteiger partial charge in [0.1, 0.15) is 6.04 Å². The quantitative estimate of drug-likeness (QED) is 0.224. The largest absolute Gasteiger partial charge is 0.370 e. The van der Waals surface area contributed by atoms with Gasteiger partial charge in [-0.05, 0) is 43.5 Å². The van der Waals surface area contributed by atoms with E-state index in [-0.39, 0.29) is 24.4 Å². The van der Waals surface area contributed by atoms with Crippen LogP contribution in [0.3, 0.4) is 0 Å². The summed E-state index contributed by atoms with van der Waals surface area (Å²) in [6, 6.07) is 8.41. The van der Waals surface area contributed by atoms with Crippen LogP contribution in [0.4, 0.5) is 0 Å². The Hall–Kier alpha value is -2.54. The lowest BCUT2D eigenvalue weighted by atomic mass is 10.1. The minimum Gasteiger partial charge on any atom is -0.370 e. The maximum Gasteiger partial charge on any atom is 0.249 e. The second-order valence-corrected chi connectivity index (χ2v) is 8.60. The average molecular weight is 459 g/mol. The number of nitrogens with zero attached hydrogens (tertiary/aromatic N) is 4. The van der Waals surface area contributed by atoms with Gasteiger partial charge in [0.05, 0.1) is 0 Å². The van der Waals surface area contributed by atoms with Gasteiger partial charge in [-0.25, -0.2) is 0 Å². The van der Waals surface area contributed by atoms with E-state index in [4.69, 9.17) is 15.7 Å². The highest BCUT2D eigenvalue weighted by Gasteiger charge is 2.31. The van der Waals surface area contributed by atoms with Gasteiger partial charge in [-0.15, -0.1) is 12.4 Å². The Labute approximate surface area is 196 Å². The van der Waals surface area contributed by atoms with Crippen molar-refractivity contribution in [3.63, 3.8) is 0 Å². The van der Waals surface area contributed by atoms with E-state index in [0.717, 1.165) is 31.5 Å². The molecule has 3 heterocycles. The van der Waals surface area contributed by atoms with Crippen molar-refractivity contribution in [2.24, 2.45) is 5.73 Å². The minimum absolute atomic E-state index is 0. The van der Waals surface area contributed by atoms with E-state index in [1.165, 1.54) is 55.8 Å². The molecule has 0 unspecified atom stereocenters. The highest BCUT2D eigenvalue weighted by Crippen LogP contribution is 2.32. The van der Waals surface area contributed by atoms with E-state index in [0.29, 0.717) is 11.7 Å². The van der Waals surface area contributed by atoms with Crippen LogP contribution in [0.15, 0.2) is 35.0 Å². The molecule has 1 fully saturated rings. The van der Waals surface area contributed by atoms with Crippen LogP contribution in [-0.4, -0.2) is 32.1 Å². The average Bonchev–Trinajstić information content (AvgIpc) is 3.51. The van der Waals surface area contributed by atoms with Gasteiger partial charge in [-0.3, -0.25) is 5.41 Å². The fourth-order valence-electron chi connectivity index (χ4n) is 4.57. The van der Waals surface area contributed by atoms with Gasteiger partial charge in [-0.1, -0.05) is 50.6 Å². The monoisotopic (exact) mass is 458 g/mol. The molecule has 1 saturated heterocycles. The van der Waals surface area contributed by atoms with Crippen LogP contribution in [-0.2, 0) is 6.54 Å². The van der Waals surface area contributed by atoms with Crippen molar-refractivity contribution in [3.8, 4) is 11.4 Å². The number of fused-ring (bicyclic) bond motifs is 1. The van der Waals surface area contributed by atoms with Crippen LogP contribution < -0.4 is 5.73 Å². The molecule has 4 rings (SSSR count). The van der Waals surface area contributed by atoms with Crippen molar-refractivity contribution in [1.29, 1.82) is 5.41 Å². The van der Waals surface area contributed by atoms with Crippen molar-refractivity contribution < 1.29 is 4.52 Å². The lowest BCUT2D eigenvalue weighted by molar-refractivity contribution is 0.283. The Balaban J connectivity index is 0.00000289. The first kappa shape index (κ1) is 24.1. The predicted octanol–water partition coefficient (Wildman–Crippen LogP) is 5.89. The van der Waals surface area contributed by atoms with Gasteiger partial charge in [-0.2, -0.15) is 4.98 Å². The summed E-state index contributed by atoms with van der Waals surface area (Å²) < 4.78 is 7.88. The Morgan fingerprint density at radius 3 is 2.72 bits per heavy atom. The summed E-state index contributed by atoms with van der Waals surface area (Å²) in [6.07, 6.45) is 13.3. The highest BCUT2D eigenvalue weighted by atomic mass is 35.5. The molecule has 1 aliphatic heterocycles. The lowest BCUT2D eigenvalue weighted by Gasteiger charge is -2.21. The van der Waals surface area contributed by atoms with E-state index >= 15 is 0 Å². The van der Waals surface area contributed by atoms with E-state index in [1.807, 2.05) is 4.90 Å². The van der Waals surface area contributed by atoms with E-state index < -0.39 is 0 Å².